The fourth-order valence-corrected chi connectivity index (χ4v) is 5.88. The summed E-state index contributed by atoms with van der Waals surface area (Å²) in [5.74, 6) is -0.744. The number of carbonyl (C=O) groups is 2. The summed E-state index contributed by atoms with van der Waals surface area (Å²) >= 11 is 6.01. The number of halogens is 1. The number of benzene rings is 3. The van der Waals surface area contributed by atoms with Crippen molar-refractivity contribution in [1.82, 2.24) is 10.2 Å². The highest BCUT2D eigenvalue weighted by Crippen LogP contribution is 2.26. The molecule has 3 aromatic carbocycles. The summed E-state index contributed by atoms with van der Waals surface area (Å²) in [4.78, 5) is 28.9. The molecule has 2 amide bonds. The normalized spacial score (nSPS) is 12.8. The SMILES string of the molecule is CC[C@H](C)NC(=O)[C@H](CC)N(Cc1cccc(C)c1)C(=O)CN(c1ccc(C)cc1)S(=O)(=O)c1ccc(Cl)cc1. The fourth-order valence-electron chi connectivity index (χ4n) is 4.34. The van der Waals surface area contributed by atoms with Gasteiger partial charge in [0.15, 0.2) is 0 Å². The number of anilines is 1. The van der Waals surface area contributed by atoms with Crippen LogP contribution in [-0.2, 0) is 26.2 Å². The number of hydrogen-bond acceptors (Lipinski definition) is 4. The first-order chi connectivity index (χ1) is 19.0. The average Bonchev–Trinajstić information content (AvgIpc) is 2.92. The van der Waals surface area contributed by atoms with Crippen LogP contribution in [0.1, 0.15) is 50.3 Å². The van der Waals surface area contributed by atoms with Gasteiger partial charge in [0.2, 0.25) is 11.8 Å². The Kier molecular flexibility index (Phi) is 10.8. The highest BCUT2D eigenvalue weighted by molar-refractivity contribution is 7.92. The summed E-state index contributed by atoms with van der Waals surface area (Å²) < 4.78 is 28.9. The molecule has 0 aliphatic heterocycles. The second-order valence-corrected chi connectivity index (χ2v) is 12.4. The molecule has 0 saturated heterocycles. The van der Waals surface area contributed by atoms with E-state index in [0.29, 0.717) is 17.1 Å². The van der Waals surface area contributed by atoms with E-state index in [-0.39, 0.29) is 23.4 Å². The lowest BCUT2D eigenvalue weighted by atomic mass is 10.1. The molecule has 0 fully saturated rings. The number of aryl methyl sites for hydroxylation is 2. The van der Waals surface area contributed by atoms with E-state index in [9.17, 15) is 18.0 Å². The molecule has 0 aliphatic rings. The van der Waals surface area contributed by atoms with E-state index in [2.05, 4.69) is 5.32 Å². The predicted octanol–water partition coefficient (Wildman–Crippen LogP) is 5.87. The Morgan fingerprint density at radius 3 is 2.12 bits per heavy atom. The van der Waals surface area contributed by atoms with Crippen molar-refractivity contribution in [2.45, 2.75) is 71.0 Å². The molecule has 1 N–H and O–H groups in total. The van der Waals surface area contributed by atoms with Crippen molar-refractivity contribution in [1.29, 1.82) is 0 Å². The van der Waals surface area contributed by atoms with E-state index in [1.54, 1.807) is 24.3 Å². The molecule has 0 aliphatic carbocycles. The van der Waals surface area contributed by atoms with E-state index in [4.69, 9.17) is 11.6 Å². The van der Waals surface area contributed by atoms with Crippen LogP contribution in [0.2, 0.25) is 5.02 Å². The number of sulfonamides is 1. The Hall–Kier alpha value is -3.36. The minimum atomic E-state index is -4.14. The van der Waals surface area contributed by atoms with Crippen LogP contribution >= 0.6 is 11.6 Å². The summed E-state index contributed by atoms with van der Waals surface area (Å²) in [6.45, 7) is 9.28. The van der Waals surface area contributed by atoms with Gasteiger partial charge in [0.1, 0.15) is 12.6 Å². The predicted molar refractivity (Wildman–Crippen MR) is 161 cm³/mol. The van der Waals surface area contributed by atoms with Crippen LogP contribution < -0.4 is 9.62 Å². The fraction of sp³-hybridized carbons (Fsp3) is 0.355. The van der Waals surface area contributed by atoms with Crippen molar-refractivity contribution >= 4 is 39.1 Å². The third-order valence-corrected chi connectivity index (χ3v) is 8.86. The third kappa shape index (κ3) is 7.86. The van der Waals surface area contributed by atoms with Gasteiger partial charge in [-0.1, -0.05) is 73.0 Å². The van der Waals surface area contributed by atoms with Gasteiger partial charge in [-0.25, -0.2) is 8.42 Å². The summed E-state index contributed by atoms with van der Waals surface area (Å²) in [5.41, 5.74) is 3.17. The molecule has 3 aromatic rings. The highest BCUT2D eigenvalue weighted by atomic mass is 35.5. The number of amides is 2. The molecule has 0 aromatic heterocycles. The van der Waals surface area contributed by atoms with E-state index >= 15 is 0 Å². The number of nitrogens with zero attached hydrogens (tertiary/aromatic N) is 2. The van der Waals surface area contributed by atoms with Gasteiger partial charge in [0.25, 0.3) is 10.0 Å². The molecule has 3 rings (SSSR count). The zero-order valence-corrected chi connectivity index (χ0v) is 25.3. The molecule has 0 radical (unpaired) electrons. The van der Waals surface area contributed by atoms with E-state index in [1.807, 2.05) is 58.9 Å². The third-order valence-electron chi connectivity index (χ3n) is 6.82. The quantitative estimate of drug-likeness (QED) is 0.289. The maximum Gasteiger partial charge on any atom is 0.264 e. The van der Waals surface area contributed by atoms with Crippen molar-refractivity contribution < 1.29 is 18.0 Å². The summed E-state index contributed by atoms with van der Waals surface area (Å²) in [5, 5.41) is 3.39. The van der Waals surface area contributed by atoms with Gasteiger partial charge in [0.05, 0.1) is 10.6 Å². The molecule has 0 heterocycles. The summed E-state index contributed by atoms with van der Waals surface area (Å²) in [6.07, 6.45) is 1.11. The van der Waals surface area contributed by atoms with Crippen LogP contribution in [0.25, 0.3) is 0 Å². The number of nitrogens with one attached hydrogen (secondary N) is 1. The first kappa shape index (κ1) is 31.2. The molecule has 214 valence electrons. The lowest BCUT2D eigenvalue weighted by molar-refractivity contribution is -0.140. The van der Waals surface area contributed by atoms with Crippen LogP contribution in [0.5, 0.6) is 0 Å². The van der Waals surface area contributed by atoms with Crippen LogP contribution in [-0.4, -0.2) is 43.8 Å². The van der Waals surface area contributed by atoms with Gasteiger partial charge < -0.3 is 10.2 Å². The second kappa shape index (κ2) is 13.8. The van der Waals surface area contributed by atoms with Crippen molar-refractivity contribution in [2.24, 2.45) is 0 Å². The largest absolute Gasteiger partial charge is 0.352 e. The Balaban J connectivity index is 2.05. The lowest BCUT2D eigenvalue weighted by Gasteiger charge is -2.33. The maximum absolute atomic E-state index is 14.1. The number of hydrogen-bond donors (Lipinski definition) is 1. The van der Waals surface area contributed by atoms with E-state index < -0.39 is 28.5 Å². The van der Waals surface area contributed by atoms with Crippen LogP contribution in [0.15, 0.2) is 77.7 Å². The van der Waals surface area contributed by atoms with Crippen molar-refractivity contribution in [2.75, 3.05) is 10.8 Å². The summed E-state index contributed by atoms with van der Waals surface area (Å²) in [7, 11) is -4.14. The maximum atomic E-state index is 14.1. The van der Waals surface area contributed by atoms with Crippen molar-refractivity contribution in [3.05, 3.63) is 94.5 Å². The number of rotatable bonds is 12. The molecule has 0 spiro atoms. The Morgan fingerprint density at radius 2 is 1.55 bits per heavy atom. The average molecular weight is 584 g/mol. The summed E-state index contributed by atoms with van der Waals surface area (Å²) in [6, 6.07) is 19.7. The first-order valence-electron chi connectivity index (χ1n) is 13.5. The Labute approximate surface area is 243 Å². The molecule has 2 atom stereocenters. The van der Waals surface area contributed by atoms with E-state index in [1.165, 1.54) is 29.2 Å². The van der Waals surface area contributed by atoms with Gasteiger partial charge in [0, 0.05) is 17.6 Å². The van der Waals surface area contributed by atoms with Crippen molar-refractivity contribution in [3.63, 3.8) is 0 Å². The van der Waals surface area contributed by atoms with Crippen LogP contribution in [0.4, 0.5) is 5.69 Å². The molecule has 0 unspecified atom stereocenters. The Bertz CT molecular complexity index is 1410. The van der Waals surface area contributed by atoms with Crippen LogP contribution in [0, 0.1) is 13.8 Å². The molecule has 0 bridgehead atoms. The van der Waals surface area contributed by atoms with E-state index in [0.717, 1.165) is 27.4 Å². The standard InChI is InChI=1S/C31H38ClN3O4S/c1-6-24(5)33-31(37)29(7-2)34(20-25-10-8-9-23(4)19-25)30(36)21-35(27-15-11-22(3)12-16-27)40(38,39)28-17-13-26(32)14-18-28/h8-19,24,29H,6-7,20-21H2,1-5H3,(H,33,37)/t24-,29-/m0/s1. The Morgan fingerprint density at radius 1 is 0.900 bits per heavy atom. The first-order valence-corrected chi connectivity index (χ1v) is 15.3. The zero-order valence-electron chi connectivity index (χ0n) is 23.7. The minimum Gasteiger partial charge on any atom is -0.352 e. The van der Waals surface area contributed by atoms with Crippen molar-refractivity contribution in [3.8, 4) is 0 Å². The minimum absolute atomic E-state index is 0.0112. The molecular formula is C31H38ClN3O4S. The molecule has 7 nitrogen and oxygen atoms in total. The second-order valence-electron chi connectivity index (χ2n) is 10.1. The zero-order chi connectivity index (χ0) is 29.4. The van der Waals surface area contributed by atoms with Gasteiger partial charge in [-0.15, -0.1) is 0 Å². The van der Waals surface area contributed by atoms with Gasteiger partial charge in [-0.3, -0.25) is 13.9 Å². The van der Waals surface area contributed by atoms with Gasteiger partial charge in [-0.05, 0) is 75.6 Å². The smallest absolute Gasteiger partial charge is 0.264 e. The molecule has 0 saturated carbocycles. The lowest BCUT2D eigenvalue weighted by Crippen LogP contribution is -2.53. The molecule has 9 heteroatoms. The number of carbonyl (C=O) groups excluding carboxylic acids is 2. The van der Waals surface area contributed by atoms with Crippen LogP contribution in [0.3, 0.4) is 0 Å². The topological polar surface area (TPSA) is 86.8 Å². The monoisotopic (exact) mass is 583 g/mol. The van der Waals surface area contributed by atoms with Gasteiger partial charge >= 0.3 is 0 Å². The molecule has 40 heavy (non-hydrogen) atoms. The molecular weight excluding hydrogens is 546 g/mol. The van der Waals surface area contributed by atoms with Gasteiger partial charge in [-0.2, -0.15) is 0 Å². The highest BCUT2D eigenvalue weighted by Gasteiger charge is 2.34.